The van der Waals surface area contributed by atoms with Crippen LogP contribution in [0.15, 0.2) is 66.7 Å². The van der Waals surface area contributed by atoms with Crippen molar-refractivity contribution in [1.82, 2.24) is 0 Å². The van der Waals surface area contributed by atoms with E-state index in [1.807, 2.05) is 24.3 Å². The third-order valence-electron chi connectivity index (χ3n) is 4.16. The van der Waals surface area contributed by atoms with Crippen LogP contribution in [0.1, 0.15) is 15.9 Å². The molecule has 0 unspecified atom stereocenters. The lowest BCUT2D eigenvalue weighted by atomic mass is 9.95. The number of ether oxygens (including phenoxy) is 2. The van der Waals surface area contributed by atoms with Gasteiger partial charge in [-0.1, -0.05) is 36.4 Å². The zero-order valence-electron chi connectivity index (χ0n) is 15.0. The van der Waals surface area contributed by atoms with Gasteiger partial charge in [0.15, 0.2) is 0 Å². The molecule has 1 N–H and O–H groups in total. The number of hydrogen-bond donors (Lipinski definition) is 1. The van der Waals surface area contributed by atoms with Gasteiger partial charge in [-0.2, -0.15) is 5.26 Å². The summed E-state index contributed by atoms with van der Waals surface area (Å²) in [5.41, 5.74) is 2.88. The quantitative estimate of drug-likeness (QED) is 0.729. The molecule has 0 aliphatic rings. The second-order valence-corrected chi connectivity index (χ2v) is 5.72. The molecule has 0 aliphatic carbocycles. The highest BCUT2D eigenvalue weighted by molar-refractivity contribution is 6.09. The maximum atomic E-state index is 13.0. The van der Waals surface area contributed by atoms with Gasteiger partial charge in [-0.15, -0.1) is 0 Å². The summed E-state index contributed by atoms with van der Waals surface area (Å²) in [7, 11) is 3.09. The highest BCUT2D eigenvalue weighted by Crippen LogP contribution is 2.31. The van der Waals surface area contributed by atoms with Crippen LogP contribution in [-0.4, -0.2) is 20.1 Å². The third kappa shape index (κ3) is 3.75. The van der Waals surface area contributed by atoms with Gasteiger partial charge in [0.25, 0.3) is 5.91 Å². The molecule has 0 heterocycles. The standard InChI is InChI=1S/C22H18N2O3/c1-26-16-11-12-21(27-2)20(13-16)24-22(25)19-10-6-5-9-18(19)17-8-4-3-7-15(17)14-23/h3-13H,1-2H3,(H,24,25). The molecule has 27 heavy (non-hydrogen) atoms. The minimum atomic E-state index is -0.301. The fourth-order valence-electron chi connectivity index (χ4n) is 2.83. The summed E-state index contributed by atoms with van der Waals surface area (Å²) in [6, 6.07) is 21.7. The molecule has 5 heteroatoms. The van der Waals surface area contributed by atoms with Crippen LogP contribution >= 0.6 is 0 Å². The number of anilines is 1. The van der Waals surface area contributed by atoms with Crippen molar-refractivity contribution in [2.45, 2.75) is 0 Å². The highest BCUT2D eigenvalue weighted by atomic mass is 16.5. The Morgan fingerprint density at radius 3 is 2.33 bits per heavy atom. The van der Waals surface area contributed by atoms with Gasteiger partial charge in [0, 0.05) is 17.2 Å². The number of rotatable bonds is 5. The van der Waals surface area contributed by atoms with Crippen molar-refractivity contribution in [2.75, 3.05) is 19.5 Å². The molecule has 0 radical (unpaired) electrons. The summed E-state index contributed by atoms with van der Waals surface area (Å²) in [4.78, 5) is 13.0. The summed E-state index contributed by atoms with van der Waals surface area (Å²) in [5, 5.41) is 12.3. The van der Waals surface area contributed by atoms with Crippen LogP contribution in [0.25, 0.3) is 11.1 Å². The van der Waals surface area contributed by atoms with Gasteiger partial charge in [0.2, 0.25) is 0 Å². The first-order chi connectivity index (χ1) is 13.2. The van der Waals surface area contributed by atoms with Crippen molar-refractivity contribution in [1.29, 1.82) is 5.26 Å². The zero-order valence-corrected chi connectivity index (χ0v) is 15.0. The monoisotopic (exact) mass is 358 g/mol. The zero-order chi connectivity index (χ0) is 19.2. The molecule has 0 saturated heterocycles. The minimum Gasteiger partial charge on any atom is -0.497 e. The van der Waals surface area contributed by atoms with Gasteiger partial charge in [0.05, 0.1) is 31.5 Å². The first-order valence-electron chi connectivity index (χ1n) is 8.30. The molecule has 3 rings (SSSR count). The molecule has 0 spiro atoms. The molecule has 5 nitrogen and oxygen atoms in total. The average Bonchev–Trinajstić information content (AvgIpc) is 2.73. The predicted octanol–water partition coefficient (Wildman–Crippen LogP) is 4.49. The molecule has 3 aromatic carbocycles. The Labute approximate surface area is 157 Å². The smallest absolute Gasteiger partial charge is 0.256 e. The molecule has 1 amide bonds. The number of hydrogen-bond acceptors (Lipinski definition) is 4. The maximum absolute atomic E-state index is 13.0. The number of carbonyl (C=O) groups is 1. The normalized spacial score (nSPS) is 9.96. The molecule has 134 valence electrons. The SMILES string of the molecule is COc1ccc(OC)c(NC(=O)c2ccccc2-c2ccccc2C#N)c1. The van der Waals surface area contributed by atoms with Gasteiger partial charge in [-0.25, -0.2) is 0 Å². The van der Waals surface area contributed by atoms with Crippen molar-refractivity contribution in [3.8, 4) is 28.7 Å². The van der Waals surface area contributed by atoms with Gasteiger partial charge < -0.3 is 14.8 Å². The number of methoxy groups -OCH3 is 2. The van der Waals surface area contributed by atoms with E-state index < -0.39 is 0 Å². The van der Waals surface area contributed by atoms with E-state index in [0.29, 0.717) is 39.4 Å². The van der Waals surface area contributed by atoms with Crippen LogP contribution in [0, 0.1) is 11.3 Å². The fourth-order valence-corrected chi connectivity index (χ4v) is 2.83. The van der Waals surface area contributed by atoms with Crippen molar-refractivity contribution >= 4 is 11.6 Å². The number of nitrogens with one attached hydrogen (secondary N) is 1. The lowest BCUT2D eigenvalue weighted by Gasteiger charge is -2.14. The Morgan fingerprint density at radius 2 is 1.63 bits per heavy atom. The van der Waals surface area contributed by atoms with Crippen molar-refractivity contribution in [3.05, 3.63) is 77.9 Å². The number of nitriles is 1. The second-order valence-electron chi connectivity index (χ2n) is 5.72. The molecular weight excluding hydrogens is 340 g/mol. The van der Waals surface area contributed by atoms with E-state index in [1.165, 1.54) is 7.11 Å². The molecule has 0 fully saturated rings. The van der Waals surface area contributed by atoms with Gasteiger partial charge in [-0.05, 0) is 29.8 Å². The average molecular weight is 358 g/mol. The number of amides is 1. The summed E-state index contributed by atoms with van der Waals surface area (Å²) >= 11 is 0. The third-order valence-corrected chi connectivity index (χ3v) is 4.16. The summed E-state index contributed by atoms with van der Waals surface area (Å²) in [5.74, 6) is 0.832. The lowest BCUT2D eigenvalue weighted by molar-refractivity contribution is 0.102. The molecule has 3 aromatic rings. The topological polar surface area (TPSA) is 71.3 Å². The van der Waals surface area contributed by atoms with Crippen LogP contribution in [0.3, 0.4) is 0 Å². The Balaban J connectivity index is 2.02. The van der Waals surface area contributed by atoms with E-state index in [0.717, 1.165) is 0 Å². The Bertz CT molecular complexity index is 1020. The highest BCUT2D eigenvalue weighted by Gasteiger charge is 2.16. The lowest BCUT2D eigenvalue weighted by Crippen LogP contribution is -2.14. The van der Waals surface area contributed by atoms with E-state index in [1.54, 1.807) is 49.6 Å². The number of benzene rings is 3. The molecule has 0 atom stereocenters. The van der Waals surface area contributed by atoms with Crippen LogP contribution in [-0.2, 0) is 0 Å². The van der Waals surface area contributed by atoms with E-state index in [2.05, 4.69) is 11.4 Å². The maximum Gasteiger partial charge on any atom is 0.256 e. The van der Waals surface area contributed by atoms with Gasteiger partial charge in [0.1, 0.15) is 11.5 Å². The Hall–Kier alpha value is -3.78. The van der Waals surface area contributed by atoms with Crippen LogP contribution in [0.2, 0.25) is 0 Å². The first-order valence-corrected chi connectivity index (χ1v) is 8.30. The summed E-state index contributed by atoms with van der Waals surface area (Å²) in [6.45, 7) is 0. The summed E-state index contributed by atoms with van der Waals surface area (Å²) in [6.07, 6.45) is 0. The largest absolute Gasteiger partial charge is 0.497 e. The predicted molar refractivity (Wildman–Crippen MR) is 104 cm³/mol. The van der Waals surface area contributed by atoms with Gasteiger partial charge in [-0.3, -0.25) is 4.79 Å². The van der Waals surface area contributed by atoms with E-state index in [-0.39, 0.29) is 5.91 Å². The Kier molecular flexibility index (Phi) is 5.38. The molecule has 0 saturated carbocycles. The number of nitrogens with zero attached hydrogens (tertiary/aromatic N) is 1. The molecule has 0 aromatic heterocycles. The van der Waals surface area contributed by atoms with Crippen LogP contribution < -0.4 is 14.8 Å². The molecular formula is C22H18N2O3. The van der Waals surface area contributed by atoms with E-state index in [9.17, 15) is 10.1 Å². The Morgan fingerprint density at radius 1 is 0.926 bits per heavy atom. The van der Waals surface area contributed by atoms with Crippen molar-refractivity contribution in [2.24, 2.45) is 0 Å². The van der Waals surface area contributed by atoms with Crippen molar-refractivity contribution in [3.63, 3.8) is 0 Å². The van der Waals surface area contributed by atoms with Crippen LogP contribution in [0.4, 0.5) is 5.69 Å². The van der Waals surface area contributed by atoms with Crippen molar-refractivity contribution < 1.29 is 14.3 Å². The van der Waals surface area contributed by atoms with E-state index in [4.69, 9.17) is 9.47 Å². The van der Waals surface area contributed by atoms with Gasteiger partial charge >= 0.3 is 0 Å². The minimum absolute atomic E-state index is 0.301. The molecule has 0 aliphatic heterocycles. The second kappa shape index (κ2) is 8.07. The number of carbonyl (C=O) groups excluding carboxylic acids is 1. The fraction of sp³-hybridized carbons (Fsp3) is 0.0909. The summed E-state index contributed by atoms with van der Waals surface area (Å²) < 4.78 is 10.5. The first kappa shape index (κ1) is 18.0. The van der Waals surface area contributed by atoms with E-state index >= 15 is 0 Å². The van der Waals surface area contributed by atoms with Crippen LogP contribution in [0.5, 0.6) is 11.5 Å². The molecule has 0 bridgehead atoms.